The third-order valence-electron chi connectivity index (χ3n) is 3.08. The van der Waals surface area contributed by atoms with Crippen molar-refractivity contribution in [3.05, 3.63) is 0 Å². The number of hydrogen-bond acceptors (Lipinski definition) is 3. The van der Waals surface area contributed by atoms with Gasteiger partial charge in [-0.05, 0) is 6.42 Å². The van der Waals surface area contributed by atoms with Crippen LogP contribution in [0.5, 0.6) is 0 Å². The van der Waals surface area contributed by atoms with E-state index in [-0.39, 0.29) is 25.3 Å². The van der Waals surface area contributed by atoms with Crippen molar-refractivity contribution in [3.63, 3.8) is 0 Å². The Labute approximate surface area is 135 Å². The third kappa shape index (κ3) is 7.87. The summed E-state index contributed by atoms with van der Waals surface area (Å²) in [5.74, 6) is -4.81. The predicted molar refractivity (Wildman–Crippen MR) is 66.8 cm³/mol. The monoisotopic (exact) mass is 328 g/mol. The molecule has 0 saturated heterocycles. The van der Waals surface area contributed by atoms with Crippen LogP contribution in [0.3, 0.4) is 0 Å². The van der Waals surface area contributed by atoms with Crippen LogP contribution in [0.4, 0.5) is 17.6 Å². The number of alkyl halides is 4. The van der Waals surface area contributed by atoms with Crippen LogP contribution in [0.15, 0.2) is 0 Å². The fourth-order valence-electron chi connectivity index (χ4n) is 1.81. The molecule has 0 aromatic heterocycles. The van der Waals surface area contributed by atoms with Gasteiger partial charge < -0.3 is 4.55 Å². The summed E-state index contributed by atoms with van der Waals surface area (Å²) in [5, 5.41) is -5.54. The van der Waals surface area contributed by atoms with E-state index in [4.69, 9.17) is 0 Å². The molecule has 3 nitrogen and oxygen atoms in total. The molecule has 0 amide bonds. The summed E-state index contributed by atoms with van der Waals surface area (Å²) in [4.78, 5) is 0. The second-order valence-electron chi connectivity index (χ2n) is 4.90. The molecular formula is C12H21F4LiO3S. The van der Waals surface area contributed by atoms with Crippen LogP contribution in [-0.2, 0) is 10.1 Å². The van der Waals surface area contributed by atoms with E-state index in [9.17, 15) is 30.5 Å². The van der Waals surface area contributed by atoms with Crippen LogP contribution >= 0.6 is 0 Å². The van der Waals surface area contributed by atoms with Gasteiger partial charge in [0.15, 0.2) is 10.1 Å². The van der Waals surface area contributed by atoms with Crippen LogP contribution in [0.2, 0.25) is 0 Å². The smallest absolute Gasteiger partial charge is 0.743 e. The summed E-state index contributed by atoms with van der Waals surface area (Å²) in [7, 11) is -6.35. The Bertz CT molecular complexity index is 375. The largest absolute Gasteiger partial charge is 1.00 e. The second kappa shape index (κ2) is 10.1. The van der Waals surface area contributed by atoms with Gasteiger partial charge in [0.1, 0.15) is 0 Å². The van der Waals surface area contributed by atoms with Gasteiger partial charge in [0.05, 0.1) is 0 Å². The van der Waals surface area contributed by atoms with Crippen molar-refractivity contribution < 1.29 is 49.4 Å². The Morgan fingerprint density at radius 3 is 1.62 bits per heavy atom. The van der Waals surface area contributed by atoms with Gasteiger partial charge in [0.25, 0.3) is 0 Å². The summed E-state index contributed by atoms with van der Waals surface area (Å²) < 4.78 is 82.1. The zero-order valence-corrected chi connectivity index (χ0v) is 13.3. The molecule has 0 N–H and O–H groups in total. The Morgan fingerprint density at radius 2 is 1.24 bits per heavy atom. The van der Waals surface area contributed by atoms with Gasteiger partial charge >= 0.3 is 30.0 Å². The molecule has 9 heteroatoms. The first kappa shape index (κ1) is 23.5. The topological polar surface area (TPSA) is 57.2 Å². The SMILES string of the molecule is CCCCCCCCCCC(F)(F)C(F)(F)S(=O)(=O)[O-].[Li+]. The van der Waals surface area contributed by atoms with E-state index in [1.165, 1.54) is 0 Å². The van der Waals surface area contributed by atoms with E-state index in [0.717, 1.165) is 32.1 Å². The first-order valence-corrected chi connectivity index (χ1v) is 8.18. The molecule has 0 aliphatic heterocycles. The Kier molecular flexibility index (Phi) is 11.3. The Balaban J connectivity index is 0. The average molecular weight is 328 g/mol. The van der Waals surface area contributed by atoms with E-state index >= 15 is 0 Å². The number of unbranched alkanes of at least 4 members (excludes halogenated alkanes) is 7. The van der Waals surface area contributed by atoms with Crippen molar-refractivity contribution in [3.8, 4) is 0 Å². The number of halogens is 4. The quantitative estimate of drug-likeness (QED) is 0.249. The molecule has 0 saturated carbocycles. The molecule has 0 aromatic rings. The summed E-state index contributed by atoms with van der Waals surface area (Å²) in [6, 6.07) is 0. The minimum atomic E-state index is -6.35. The third-order valence-corrected chi connectivity index (χ3v) is 4.01. The van der Waals surface area contributed by atoms with Crippen molar-refractivity contribution in [1.82, 2.24) is 0 Å². The Morgan fingerprint density at radius 1 is 0.857 bits per heavy atom. The maximum Gasteiger partial charge on any atom is 1.00 e. The molecule has 0 rings (SSSR count). The van der Waals surface area contributed by atoms with Crippen molar-refractivity contribution >= 4 is 10.1 Å². The maximum absolute atomic E-state index is 13.0. The van der Waals surface area contributed by atoms with Gasteiger partial charge in [-0.15, -0.1) is 0 Å². The van der Waals surface area contributed by atoms with Gasteiger partial charge in [0, 0.05) is 6.42 Å². The Hall–Kier alpha value is 0.227. The van der Waals surface area contributed by atoms with E-state index in [1.54, 1.807) is 0 Å². The molecule has 0 fully saturated rings. The first-order chi connectivity index (χ1) is 9.06. The van der Waals surface area contributed by atoms with Gasteiger partial charge in [-0.25, -0.2) is 8.42 Å². The van der Waals surface area contributed by atoms with E-state index in [2.05, 4.69) is 6.92 Å². The van der Waals surface area contributed by atoms with Gasteiger partial charge in [-0.2, -0.15) is 17.6 Å². The van der Waals surface area contributed by atoms with Crippen LogP contribution in [-0.4, -0.2) is 24.1 Å². The van der Waals surface area contributed by atoms with Crippen molar-refractivity contribution in [2.45, 2.75) is 75.9 Å². The molecule has 122 valence electrons. The van der Waals surface area contributed by atoms with Crippen molar-refractivity contribution in [2.24, 2.45) is 0 Å². The predicted octanol–water partition coefficient (Wildman–Crippen LogP) is 1.29. The molecule has 0 unspecified atom stereocenters. The van der Waals surface area contributed by atoms with Crippen LogP contribution in [0, 0.1) is 0 Å². The summed E-state index contributed by atoms with van der Waals surface area (Å²) in [6.45, 7) is 2.06. The fourth-order valence-corrected chi connectivity index (χ4v) is 2.28. The van der Waals surface area contributed by atoms with Crippen molar-refractivity contribution in [1.29, 1.82) is 0 Å². The summed E-state index contributed by atoms with van der Waals surface area (Å²) in [5.41, 5.74) is 0. The van der Waals surface area contributed by atoms with Gasteiger partial charge in [-0.3, -0.25) is 0 Å². The minimum absolute atomic E-state index is 0. The zero-order valence-electron chi connectivity index (χ0n) is 12.5. The fraction of sp³-hybridized carbons (Fsp3) is 1.00. The van der Waals surface area contributed by atoms with E-state index in [1.807, 2.05) is 0 Å². The first-order valence-electron chi connectivity index (χ1n) is 6.77. The molecule has 0 spiro atoms. The van der Waals surface area contributed by atoms with Gasteiger partial charge in [0.2, 0.25) is 0 Å². The molecular weight excluding hydrogens is 307 g/mol. The molecule has 0 aliphatic carbocycles. The standard InChI is InChI=1S/C12H22F4O3S.Li/c1-2-3-4-5-6-7-8-9-10-11(13,14)12(15,16)20(17,18)19;/h2-10H2,1H3,(H,17,18,19);/q;+1/p-1. The van der Waals surface area contributed by atoms with E-state index < -0.39 is 27.7 Å². The second-order valence-corrected chi connectivity index (χ2v) is 6.32. The van der Waals surface area contributed by atoms with E-state index in [0.29, 0.717) is 12.8 Å². The normalized spacial score (nSPS) is 13.0. The van der Waals surface area contributed by atoms with Gasteiger partial charge in [-0.1, -0.05) is 51.9 Å². The molecule has 0 radical (unpaired) electrons. The molecule has 0 aliphatic rings. The molecule has 21 heavy (non-hydrogen) atoms. The average Bonchev–Trinajstić information content (AvgIpc) is 2.31. The van der Waals surface area contributed by atoms with Crippen LogP contribution in [0.1, 0.15) is 64.7 Å². The van der Waals surface area contributed by atoms with Crippen molar-refractivity contribution in [2.75, 3.05) is 0 Å². The molecule has 0 atom stereocenters. The minimum Gasteiger partial charge on any atom is -0.743 e. The number of hydrogen-bond donors (Lipinski definition) is 0. The zero-order chi connectivity index (χ0) is 15.9. The van der Waals surface area contributed by atoms with Crippen LogP contribution < -0.4 is 18.9 Å². The molecule has 0 bridgehead atoms. The maximum atomic E-state index is 13.0. The summed E-state index contributed by atoms with van der Waals surface area (Å²) >= 11 is 0. The summed E-state index contributed by atoms with van der Waals surface area (Å²) in [6.07, 6.45) is 4.47. The molecule has 0 aromatic carbocycles. The molecule has 0 heterocycles. The number of rotatable bonds is 11. The van der Waals surface area contributed by atoms with Crippen LogP contribution in [0.25, 0.3) is 0 Å².